The maximum absolute atomic E-state index is 12.5. The SMILES string of the molecule is CCNC(CN(CC(F)(F)F)C1CC1)C(C)C. The van der Waals surface area contributed by atoms with Gasteiger partial charge in [-0.05, 0) is 25.3 Å². The third-order valence-corrected chi connectivity index (χ3v) is 3.15. The standard InChI is InChI=1S/C12H23F3N2/c1-4-16-11(9(2)3)7-17(10-5-6-10)8-12(13,14)15/h9-11,16H,4-8H2,1-3H3. The fraction of sp³-hybridized carbons (Fsp3) is 1.00. The fourth-order valence-corrected chi connectivity index (χ4v) is 2.04. The minimum absolute atomic E-state index is 0.142. The predicted molar refractivity (Wildman–Crippen MR) is 63.0 cm³/mol. The summed E-state index contributed by atoms with van der Waals surface area (Å²) >= 11 is 0. The molecule has 5 heteroatoms. The van der Waals surface area contributed by atoms with Gasteiger partial charge < -0.3 is 5.32 Å². The molecule has 1 fully saturated rings. The van der Waals surface area contributed by atoms with Gasteiger partial charge in [0.15, 0.2) is 0 Å². The van der Waals surface area contributed by atoms with Gasteiger partial charge in [0, 0.05) is 18.6 Å². The van der Waals surface area contributed by atoms with Crippen molar-refractivity contribution in [1.29, 1.82) is 0 Å². The van der Waals surface area contributed by atoms with Crippen LogP contribution in [0.15, 0.2) is 0 Å². The molecule has 17 heavy (non-hydrogen) atoms. The van der Waals surface area contributed by atoms with Crippen LogP contribution in [0.2, 0.25) is 0 Å². The first-order valence-corrected chi connectivity index (χ1v) is 6.37. The quantitative estimate of drug-likeness (QED) is 0.749. The zero-order valence-corrected chi connectivity index (χ0v) is 10.8. The minimum atomic E-state index is -4.09. The highest BCUT2D eigenvalue weighted by molar-refractivity contribution is 4.88. The van der Waals surface area contributed by atoms with Crippen LogP contribution in [0.25, 0.3) is 0 Å². The molecule has 1 aliphatic rings. The van der Waals surface area contributed by atoms with Crippen LogP contribution in [0, 0.1) is 5.92 Å². The zero-order valence-electron chi connectivity index (χ0n) is 10.8. The summed E-state index contributed by atoms with van der Waals surface area (Å²) in [6.07, 6.45) is -2.27. The molecule has 102 valence electrons. The van der Waals surface area contributed by atoms with E-state index in [1.807, 2.05) is 20.8 Å². The third kappa shape index (κ3) is 5.73. The summed E-state index contributed by atoms with van der Waals surface area (Å²) in [5, 5.41) is 3.27. The summed E-state index contributed by atoms with van der Waals surface area (Å²) in [4.78, 5) is 1.59. The Balaban J connectivity index is 2.52. The van der Waals surface area contributed by atoms with Gasteiger partial charge in [-0.1, -0.05) is 20.8 Å². The Labute approximate surface area is 102 Å². The Kier molecular flexibility index (Phi) is 5.25. The van der Waals surface area contributed by atoms with Gasteiger partial charge >= 0.3 is 6.18 Å². The lowest BCUT2D eigenvalue weighted by molar-refractivity contribution is -0.148. The number of halogens is 3. The van der Waals surface area contributed by atoms with Gasteiger partial charge in [0.1, 0.15) is 0 Å². The lowest BCUT2D eigenvalue weighted by atomic mass is 10.0. The van der Waals surface area contributed by atoms with Gasteiger partial charge in [-0.2, -0.15) is 13.2 Å². The highest BCUT2D eigenvalue weighted by Gasteiger charge is 2.38. The van der Waals surface area contributed by atoms with E-state index in [1.165, 1.54) is 0 Å². The molecule has 0 saturated heterocycles. The van der Waals surface area contributed by atoms with Gasteiger partial charge in [0.25, 0.3) is 0 Å². The number of nitrogens with zero attached hydrogens (tertiary/aromatic N) is 1. The first-order valence-electron chi connectivity index (χ1n) is 6.37. The number of alkyl halides is 3. The molecule has 0 aliphatic heterocycles. The van der Waals surface area contributed by atoms with Crippen LogP contribution in [0.1, 0.15) is 33.6 Å². The number of nitrogens with one attached hydrogen (secondary N) is 1. The monoisotopic (exact) mass is 252 g/mol. The highest BCUT2D eigenvalue weighted by atomic mass is 19.4. The van der Waals surface area contributed by atoms with Crippen molar-refractivity contribution in [3.63, 3.8) is 0 Å². The molecule has 1 aliphatic carbocycles. The van der Waals surface area contributed by atoms with Crippen molar-refractivity contribution < 1.29 is 13.2 Å². The van der Waals surface area contributed by atoms with Gasteiger partial charge in [0.05, 0.1) is 6.54 Å². The molecule has 1 atom stereocenters. The molecule has 1 saturated carbocycles. The Bertz CT molecular complexity index is 224. The van der Waals surface area contributed by atoms with Crippen LogP contribution >= 0.6 is 0 Å². The first kappa shape index (κ1) is 14.8. The molecule has 1 unspecified atom stereocenters. The van der Waals surface area contributed by atoms with Crippen molar-refractivity contribution in [2.75, 3.05) is 19.6 Å². The first-order chi connectivity index (χ1) is 7.83. The van der Waals surface area contributed by atoms with Crippen LogP contribution in [-0.2, 0) is 0 Å². The topological polar surface area (TPSA) is 15.3 Å². The van der Waals surface area contributed by atoms with Crippen molar-refractivity contribution in [2.24, 2.45) is 5.92 Å². The number of rotatable bonds is 7. The van der Waals surface area contributed by atoms with Gasteiger partial charge in [-0.3, -0.25) is 4.90 Å². The summed E-state index contributed by atoms with van der Waals surface area (Å²) in [6.45, 7) is 6.61. The Morgan fingerprint density at radius 1 is 1.29 bits per heavy atom. The smallest absolute Gasteiger partial charge is 0.313 e. The maximum atomic E-state index is 12.5. The Hall–Kier alpha value is -0.290. The molecular weight excluding hydrogens is 229 g/mol. The summed E-state index contributed by atoms with van der Waals surface area (Å²) in [7, 11) is 0. The van der Waals surface area contributed by atoms with E-state index in [2.05, 4.69) is 5.32 Å². The Morgan fingerprint density at radius 2 is 1.88 bits per heavy atom. The molecular formula is C12H23F3N2. The van der Waals surface area contributed by atoms with Crippen LogP contribution in [-0.4, -0.2) is 42.8 Å². The third-order valence-electron chi connectivity index (χ3n) is 3.15. The molecule has 0 aromatic rings. The number of hydrogen-bond acceptors (Lipinski definition) is 2. The molecule has 0 radical (unpaired) electrons. The van der Waals surface area contributed by atoms with E-state index in [0.717, 1.165) is 19.4 Å². The second kappa shape index (κ2) is 6.05. The molecule has 2 nitrogen and oxygen atoms in total. The van der Waals surface area contributed by atoms with Crippen LogP contribution in [0.3, 0.4) is 0 Å². The van der Waals surface area contributed by atoms with E-state index in [-0.39, 0.29) is 12.1 Å². The molecule has 1 rings (SSSR count). The van der Waals surface area contributed by atoms with Crippen molar-refractivity contribution in [3.05, 3.63) is 0 Å². The summed E-state index contributed by atoms with van der Waals surface area (Å²) in [5.74, 6) is 0.351. The second-order valence-electron chi connectivity index (χ2n) is 5.18. The predicted octanol–water partition coefficient (Wildman–Crippen LogP) is 2.65. The van der Waals surface area contributed by atoms with Gasteiger partial charge in [0.2, 0.25) is 0 Å². The average Bonchev–Trinajstić information content (AvgIpc) is 2.96. The van der Waals surface area contributed by atoms with Crippen LogP contribution in [0.5, 0.6) is 0 Å². The van der Waals surface area contributed by atoms with Crippen molar-refractivity contribution >= 4 is 0 Å². The maximum Gasteiger partial charge on any atom is 0.401 e. The second-order valence-corrected chi connectivity index (χ2v) is 5.18. The molecule has 0 spiro atoms. The lowest BCUT2D eigenvalue weighted by Crippen LogP contribution is -2.47. The molecule has 0 bridgehead atoms. The summed E-state index contributed by atoms with van der Waals surface area (Å²) in [6, 6.07) is 0.291. The number of likely N-dealkylation sites (N-methyl/N-ethyl adjacent to an activating group) is 1. The van der Waals surface area contributed by atoms with E-state index in [9.17, 15) is 13.2 Å². The van der Waals surface area contributed by atoms with Crippen molar-refractivity contribution in [1.82, 2.24) is 10.2 Å². The minimum Gasteiger partial charge on any atom is -0.313 e. The van der Waals surface area contributed by atoms with Gasteiger partial charge in [-0.25, -0.2) is 0 Å². The van der Waals surface area contributed by atoms with Crippen molar-refractivity contribution in [3.8, 4) is 0 Å². The largest absolute Gasteiger partial charge is 0.401 e. The van der Waals surface area contributed by atoms with E-state index >= 15 is 0 Å². The zero-order chi connectivity index (χ0) is 13.1. The molecule has 0 amide bonds. The summed E-state index contributed by atoms with van der Waals surface area (Å²) < 4.78 is 37.4. The van der Waals surface area contributed by atoms with E-state index in [0.29, 0.717) is 12.5 Å². The van der Waals surface area contributed by atoms with Crippen LogP contribution in [0.4, 0.5) is 13.2 Å². The molecule has 0 aromatic heterocycles. The summed E-state index contributed by atoms with van der Waals surface area (Å²) in [5.41, 5.74) is 0. The van der Waals surface area contributed by atoms with Gasteiger partial charge in [-0.15, -0.1) is 0 Å². The van der Waals surface area contributed by atoms with Crippen molar-refractivity contribution in [2.45, 2.75) is 51.9 Å². The fourth-order valence-electron chi connectivity index (χ4n) is 2.04. The normalized spacial score (nSPS) is 19.1. The highest BCUT2D eigenvalue weighted by Crippen LogP contribution is 2.30. The Morgan fingerprint density at radius 3 is 2.24 bits per heavy atom. The van der Waals surface area contributed by atoms with E-state index in [1.54, 1.807) is 4.90 Å². The lowest BCUT2D eigenvalue weighted by Gasteiger charge is -2.30. The molecule has 1 N–H and O–H groups in total. The molecule has 0 heterocycles. The average molecular weight is 252 g/mol. The molecule has 0 aromatic carbocycles. The van der Waals surface area contributed by atoms with E-state index < -0.39 is 12.7 Å². The van der Waals surface area contributed by atoms with Crippen LogP contribution < -0.4 is 5.32 Å². The van der Waals surface area contributed by atoms with E-state index in [4.69, 9.17) is 0 Å². The number of hydrogen-bond donors (Lipinski definition) is 1.